The van der Waals surface area contributed by atoms with E-state index in [1.165, 1.54) is 24.8 Å². The van der Waals surface area contributed by atoms with Gasteiger partial charge in [-0.15, -0.1) is 0 Å². The fourth-order valence-corrected chi connectivity index (χ4v) is 2.33. The quantitative estimate of drug-likeness (QED) is 0.519. The van der Waals surface area contributed by atoms with E-state index in [4.69, 9.17) is 0 Å². The Balaban J connectivity index is 2.15. The molecule has 0 aliphatic rings. The van der Waals surface area contributed by atoms with Gasteiger partial charge in [0.1, 0.15) is 0 Å². The summed E-state index contributed by atoms with van der Waals surface area (Å²) in [6.07, 6.45) is 4.50. The number of nitro groups is 1. The Hall–Kier alpha value is -2.15. The van der Waals surface area contributed by atoms with Gasteiger partial charge < -0.3 is 0 Å². The molecule has 0 radical (unpaired) electrons. The topological polar surface area (TPSA) is 88.9 Å². The summed E-state index contributed by atoms with van der Waals surface area (Å²) in [5.74, 6) is 0.720. The Morgan fingerprint density at radius 2 is 2.35 bits per heavy atom. The predicted octanol–water partition coefficient (Wildman–Crippen LogP) is 3.15. The number of benzene rings is 1. The van der Waals surface area contributed by atoms with Gasteiger partial charge in [-0.1, -0.05) is 30.0 Å². The van der Waals surface area contributed by atoms with E-state index in [-0.39, 0.29) is 10.8 Å². The Morgan fingerprint density at radius 3 is 3.05 bits per heavy atom. The molecule has 1 aromatic carbocycles. The second-order valence-corrected chi connectivity index (χ2v) is 5.37. The Labute approximate surface area is 119 Å². The zero-order valence-corrected chi connectivity index (χ0v) is 11.6. The third kappa shape index (κ3) is 3.24. The molecule has 0 aliphatic heterocycles. The van der Waals surface area contributed by atoms with Crippen molar-refractivity contribution in [2.75, 3.05) is 5.75 Å². The number of H-pyrrole nitrogens is 1. The number of aromatic amines is 1. The number of allylic oxidation sites excluding steroid dienone is 1. The Kier molecular flexibility index (Phi) is 4.52. The molecule has 6 nitrogen and oxygen atoms in total. The summed E-state index contributed by atoms with van der Waals surface area (Å²) in [7, 11) is 0. The van der Waals surface area contributed by atoms with E-state index in [0.29, 0.717) is 5.52 Å². The standard InChI is InChI=1S/C13H13N3O3S/c1-9(17)20-8-3-2-6-11-10-5-4-7-12(16(18)19)13(10)15-14-11/h2,4-7H,3,8H2,1H3,(H,14,15). The molecule has 7 heteroatoms. The maximum Gasteiger partial charge on any atom is 0.297 e. The van der Waals surface area contributed by atoms with Gasteiger partial charge in [-0.3, -0.25) is 20.0 Å². The summed E-state index contributed by atoms with van der Waals surface area (Å²) in [5.41, 5.74) is 1.08. The molecule has 2 rings (SSSR count). The SMILES string of the molecule is CC(=O)SCCC=Cc1[nH]nc2c([N+](=O)[O-])cccc12. The van der Waals surface area contributed by atoms with Gasteiger partial charge in [-0.2, -0.15) is 5.10 Å². The lowest BCUT2D eigenvalue weighted by molar-refractivity contribution is -0.383. The monoisotopic (exact) mass is 291 g/mol. The molecule has 0 unspecified atom stereocenters. The molecular formula is C13H13N3O3S. The number of nitrogens with zero attached hydrogens (tertiary/aromatic N) is 2. The summed E-state index contributed by atoms with van der Waals surface area (Å²) in [4.78, 5) is 21.2. The first-order valence-electron chi connectivity index (χ1n) is 6.01. The van der Waals surface area contributed by atoms with E-state index < -0.39 is 4.92 Å². The number of rotatable bonds is 5. The van der Waals surface area contributed by atoms with Gasteiger partial charge in [0.15, 0.2) is 10.6 Å². The van der Waals surface area contributed by atoms with Crippen LogP contribution < -0.4 is 0 Å². The number of carbonyl (C=O) groups is 1. The van der Waals surface area contributed by atoms with Crippen molar-refractivity contribution in [3.63, 3.8) is 0 Å². The number of fused-ring (bicyclic) bond motifs is 1. The van der Waals surface area contributed by atoms with Gasteiger partial charge in [-0.05, 0) is 12.5 Å². The van der Waals surface area contributed by atoms with Crippen LogP contribution in [0.25, 0.3) is 17.0 Å². The zero-order chi connectivity index (χ0) is 14.5. The maximum absolute atomic E-state index is 10.9. The number of nitrogens with one attached hydrogen (secondary N) is 1. The van der Waals surface area contributed by atoms with Crippen molar-refractivity contribution in [2.45, 2.75) is 13.3 Å². The first-order valence-corrected chi connectivity index (χ1v) is 6.99. The molecular weight excluding hydrogens is 278 g/mol. The molecule has 1 N–H and O–H groups in total. The highest BCUT2D eigenvalue weighted by molar-refractivity contribution is 8.13. The minimum atomic E-state index is -0.444. The van der Waals surface area contributed by atoms with Crippen LogP contribution in [-0.2, 0) is 4.79 Å². The van der Waals surface area contributed by atoms with Gasteiger partial charge in [0, 0.05) is 24.1 Å². The summed E-state index contributed by atoms with van der Waals surface area (Å²) in [5, 5.41) is 18.5. The average Bonchev–Trinajstić information content (AvgIpc) is 2.81. The lowest BCUT2D eigenvalue weighted by Crippen LogP contribution is -1.88. The molecule has 0 saturated heterocycles. The minimum Gasteiger partial charge on any atom is -0.288 e. The van der Waals surface area contributed by atoms with Crippen molar-refractivity contribution in [2.24, 2.45) is 0 Å². The number of non-ortho nitro benzene ring substituents is 1. The maximum atomic E-state index is 10.9. The van der Waals surface area contributed by atoms with Gasteiger partial charge in [0.2, 0.25) is 0 Å². The number of aromatic nitrogens is 2. The highest BCUT2D eigenvalue weighted by Crippen LogP contribution is 2.26. The van der Waals surface area contributed by atoms with Crippen LogP contribution >= 0.6 is 11.8 Å². The van der Waals surface area contributed by atoms with Gasteiger partial charge >= 0.3 is 0 Å². The molecule has 0 amide bonds. The normalized spacial score (nSPS) is 11.2. The van der Waals surface area contributed by atoms with Crippen LogP contribution in [0.15, 0.2) is 24.3 Å². The van der Waals surface area contributed by atoms with E-state index >= 15 is 0 Å². The molecule has 0 bridgehead atoms. The number of carbonyl (C=O) groups excluding carboxylic acids is 1. The first kappa shape index (κ1) is 14.3. The second kappa shape index (κ2) is 6.33. The molecule has 104 valence electrons. The number of nitro benzene ring substituents is 1. The third-order valence-electron chi connectivity index (χ3n) is 2.66. The van der Waals surface area contributed by atoms with Gasteiger partial charge in [-0.25, -0.2) is 0 Å². The first-order chi connectivity index (χ1) is 9.59. The summed E-state index contributed by atoms with van der Waals surface area (Å²) in [6, 6.07) is 4.86. The van der Waals surface area contributed by atoms with E-state index in [2.05, 4.69) is 10.2 Å². The van der Waals surface area contributed by atoms with E-state index in [9.17, 15) is 14.9 Å². The third-order valence-corrected chi connectivity index (χ3v) is 3.51. The average molecular weight is 291 g/mol. The van der Waals surface area contributed by atoms with Gasteiger partial charge in [0.05, 0.1) is 10.6 Å². The predicted molar refractivity (Wildman–Crippen MR) is 79.5 cm³/mol. The lowest BCUT2D eigenvalue weighted by atomic mass is 10.2. The van der Waals surface area contributed by atoms with Crippen molar-refractivity contribution in [3.05, 3.63) is 40.1 Å². The van der Waals surface area contributed by atoms with Crippen molar-refractivity contribution in [3.8, 4) is 0 Å². The lowest BCUT2D eigenvalue weighted by Gasteiger charge is -1.93. The van der Waals surface area contributed by atoms with Crippen molar-refractivity contribution in [1.29, 1.82) is 0 Å². The molecule has 0 aliphatic carbocycles. The smallest absolute Gasteiger partial charge is 0.288 e. The number of hydrogen-bond acceptors (Lipinski definition) is 5. The fraction of sp³-hybridized carbons (Fsp3) is 0.231. The Bertz CT molecular complexity index is 679. The van der Waals surface area contributed by atoms with Crippen LogP contribution in [0.2, 0.25) is 0 Å². The van der Waals surface area contributed by atoms with Crippen LogP contribution in [0.1, 0.15) is 19.0 Å². The molecule has 0 atom stereocenters. The molecule has 0 fully saturated rings. The zero-order valence-electron chi connectivity index (χ0n) is 10.8. The molecule has 0 saturated carbocycles. The summed E-state index contributed by atoms with van der Waals surface area (Å²) < 4.78 is 0. The number of thioether (sulfide) groups is 1. The molecule has 1 heterocycles. The van der Waals surface area contributed by atoms with Crippen molar-refractivity contribution in [1.82, 2.24) is 10.2 Å². The van der Waals surface area contributed by atoms with E-state index in [1.807, 2.05) is 12.2 Å². The van der Waals surface area contributed by atoms with Crippen molar-refractivity contribution < 1.29 is 9.72 Å². The number of para-hydroxylation sites is 1. The van der Waals surface area contributed by atoms with Crippen LogP contribution in [-0.4, -0.2) is 26.0 Å². The van der Waals surface area contributed by atoms with E-state index in [1.54, 1.807) is 12.1 Å². The molecule has 2 aromatic rings. The number of hydrogen-bond donors (Lipinski definition) is 1. The van der Waals surface area contributed by atoms with Crippen LogP contribution in [0.5, 0.6) is 0 Å². The largest absolute Gasteiger partial charge is 0.297 e. The minimum absolute atomic E-state index is 0.00876. The van der Waals surface area contributed by atoms with Crippen LogP contribution in [0.4, 0.5) is 5.69 Å². The van der Waals surface area contributed by atoms with E-state index in [0.717, 1.165) is 23.3 Å². The second-order valence-electron chi connectivity index (χ2n) is 4.10. The highest BCUT2D eigenvalue weighted by atomic mass is 32.2. The molecule has 1 aromatic heterocycles. The Morgan fingerprint density at radius 1 is 1.55 bits per heavy atom. The van der Waals surface area contributed by atoms with Crippen molar-refractivity contribution >= 4 is 39.5 Å². The summed E-state index contributed by atoms with van der Waals surface area (Å²) in [6.45, 7) is 1.54. The highest BCUT2D eigenvalue weighted by Gasteiger charge is 2.15. The van der Waals surface area contributed by atoms with Gasteiger partial charge in [0.25, 0.3) is 5.69 Å². The molecule has 0 spiro atoms. The molecule has 20 heavy (non-hydrogen) atoms. The van der Waals surface area contributed by atoms with Crippen LogP contribution in [0.3, 0.4) is 0 Å². The summed E-state index contributed by atoms with van der Waals surface area (Å²) >= 11 is 1.27. The van der Waals surface area contributed by atoms with Crippen LogP contribution in [0, 0.1) is 10.1 Å². The fourth-order valence-electron chi connectivity index (χ4n) is 1.79.